The third-order valence-electron chi connectivity index (χ3n) is 5.19. The normalized spacial score (nSPS) is 11.1. The fraction of sp³-hybridized carbons (Fsp3) is 0.348. The van der Waals surface area contributed by atoms with Gasteiger partial charge in [-0.3, -0.25) is 14.9 Å². The summed E-state index contributed by atoms with van der Waals surface area (Å²) in [6.45, 7) is 7.75. The lowest BCUT2D eigenvalue weighted by Gasteiger charge is -2.20. The first-order chi connectivity index (χ1) is 14.5. The molecule has 0 bridgehead atoms. The molecule has 0 spiro atoms. The van der Waals surface area contributed by atoms with Crippen molar-refractivity contribution in [1.82, 2.24) is 19.4 Å². The minimum atomic E-state index is -0.277. The summed E-state index contributed by atoms with van der Waals surface area (Å²) in [6.07, 6.45) is 0. The minimum absolute atomic E-state index is 0.0486. The quantitative estimate of drug-likeness (QED) is 0.592. The van der Waals surface area contributed by atoms with Gasteiger partial charge in [0.1, 0.15) is 0 Å². The number of para-hydroxylation sites is 2. The molecule has 3 rings (SSSR count). The average molecular weight is 408 g/mol. The minimum Gasteiger partial charge on any atom is -0.332 e. The summed E-state index contributed by atoms with van der Waals surface area (Å²) in [4.78, 5) is 33.5. The number of amides is 2. The molecule has 0 saturated heterocycles. The fourth-order valence-corrected chi connectivity index (χ4v) is 3.43. The van der Waals surface area contributed by atoms with Gasteiger partial charge in [0, 0.05) is 25.7 Å². The molecule has 0 aliphatic heterocycles. The zero-order valence-electron chi connectivity index (χ0n) is 17.8. The van der Waals surface area contributed by atoms with Crippen LogP contribution in [0.3, 0.4) is 0 Å². The molecule has 1 aromatic heterocycles. The molecule has 30 heavy (non-hydrogen) atoms. The number of anilines is 1. The Labute approximate surface area is 177 Å². The number of rotatable bonds is 9. The second-order valence-corrected chi connectivity index (χ2v) is 7.18. The first-order valence-electron chi connectivity index (χ1n) is 10.3. The number of nitrogens with zero attached hydrogens (tertiary/aromatic N) is 4. The van der Waals surface area contributed by atoms with Crippen LogP contribution in [-0.4, -0.2) is 64.4 Å². The van der Waals surface area contributed by atoms with E-state index in [2.05, 4.69) is 29.0 Å². The van der Waals surface area contributed by atoms with Gasteiger partial charge in [-0.05, 0) is 37.4 Å². The second kappa shape index (κ2) is 10.0. The first kappa shape index (κ1) is 21.5. The molecule has 3 aromatic rings. The summed E-state index contributed by atoms with van der Waals surface area (Å²) in [5.74, 6) is 0.0379. The third-order valence-corrected chi connectivity index (χ3v) is 5.19. The van der Waals surface area contributed by atoms with Crippen LogP contribution in [0.5, 0.6) is 0 Å². The molecule has 0 radical (unpaired) electrons. The van der Waals surface area contributed by atoms with Crippen molar-refractivity contribution in [2.45, 2.75) is 20.4 Å². The number of nitrogens with one attached hydrogen (secondary N) is 1. The molecule has 7 heteroatoms. The number of hydrogen-bond acceptors (Lipinski definition) is 4. The van der Waals surface area contributed by atoms with Crippen molar-refractivity contribution in [2.75, 3.05) is 38.5 Å². The van der Waals surface area contributed by atoms with E-state index >= 15 is 0 Å². The van der Waals surface area contributed by atoms with Gasteiger partial charge in [-0.15, -0.1) is 0 Å². The maximum atomic E-state index is 12.7. The molecule has 0 atom stereocenters. The summed E-state index contributed by atoms with van der Waals surface area (Å²) in [5, 5.41) is 2.90. The van der Waals surface area contributed by atoms with Gasteiger partial charge >= 0.3 is 0 Å². The van der Waals surface area contributed by atoms with Gasteiger partial charge < -0.3 is 14.4 Å². The van der Waals surface area contributed by atoms with Crippen molar-refractivity contribution in [3.8, 4) is 0 Å². The van der Waals surface area contributed by atoms with E-state index in [9.17, 15) is 9.59 Å². The topological polar surface area (TPSA) is 70.5 Å². The second-order valence-electron chi connectivity index (χ2n) is 7.18. The van der Waals surface area contributed by atoms with E-state index in [0.29, 0.717) is 11.5 Å². The maximum absolute atomic E-state index is 12.7. The lowest BCUT2D eigenvalue weighted by atomic mass is 10.2. The van der Waals surface area contributed by atoms with Crippen molar-refractivity contribution in [1.29, 1.82) is 0 Å². The Morgan fingerprint density at radius 1 is 1.00 bits per heavy atom. The predicted molar refractivity (Wildman–Crippen MR) is 120 cm³/mol. The molecule has 0 aliphatic carbocycles. The van der Waals surface area contributed by atoms with Crippen LogP contribution in [0, 0.1) is 0 Å². The van der Waals surface area contributed by atoms with Crippen LogP contribution in [0.15, 0.2) is 54.6 Å². The highest BCUT2D eigenvalue weighted by Crippen LogP contribution is 2.19. The maximum Gasteiger partial charge on any atom is 0.254 e. The number of fused-ring (bicyclic) bond motifs is 1. The van der Waals surface area contributed by atoms with Crippen LogP contribution in [-0.2, 0) is 11.3 Å². The van der Waals surface area contributed by atoms with Gasteiger partial charge in [0.25, 0.3) is 5.91 Å². The zero-order chi connectivity index (χ0) is 21.5. The molecule has 1 N–H and O–H groups in total. The Morgan fingerprint density at radius 2 is 1.67 bits per heavy atom. The summed E-state index contributed by atoms with van der Waals surface area (Å²) < 4.78 is 2.03. The summed E-state index contributed by atoms with van der Waals surface area (Å²) in [7, 11) is 1.62. The zero-order valence-corrected chi connectivity index (χ0v) is 17.8. The van der Waals surface area contributed by atoms with Crippen LogP contribution >= 0.6 is 0 Å². The SMILES string of the molecule is CCN(CC)CCn1c(NC(=O)CN(C)C(=O)c2ccccc2)nc2ccccc21. The molecule has 0 unspecified atom stereocenters. The van der Waals surface area contributed by atoms with Gasteiger partial charge in [-0.2, -0.15) is 0 Å². The highest BCUT2D eigenvalue weighted by Gasteiger charge is 2.18. The lowest BCUT2D eigenvalue weighted by molar-refractivity contribution is -0.116. The molecule has 0 aliphatic rings. The standard InChI is InChI=1S/C23H29N5O2/c1-4-27(5-2)15-16-28-20-14-10-9-13-19(20)24-23(28)25-21(29)17-26(3)22(30)18-11-7-6-8-12-18/h6-14H,4-5,15-17H2,1-3H3,(H,24,25,29). The first-order valence-corrected chi connectivity index (χ1v) is 10.3. The Bertz CT molecular complexity index is 995. The number of carbonyl (C=O) groups excluding carboxylic acids is 2. The van der Waals surface area contributed by atoms with Gasteiger partial charge in [0.05, 0.1) is 17.6 Å². The van der Waals surface area contributed by atoms with Crippen molar-refractivity contribution < 1.29 is 9.59 Å². The fourth-order valence-electron chi connectivity index (χ4n) is 3.43. The van der Waals surface area contributed by atoms with Gasteiger partial charge in [-0.1, -0.05) is 44.2 Å². The number of imidazole rings is 1. The molecule has 0 saturated carbocycles. The van der Waals surface area contributed by atoms with Crippen molar-refractivity contribution in [2.24, 2.45) is 0 Å². The van der Waals surface area contributed by atoms with Crippen LogP contribution in [0.4, 0.5) is 5.95 Å². The van der Waals surface area contributed by atoms with Crippen LogP contribution in [0.1, 0.15) is 24.2 Å². The number of carbonyl (C=O) groups is 2. The highest BCUT2D eigenvalue weighted by atomic mass is 16.2. The van der Waals surface area contributed by atoms with Crippen LogP contribution < -0.4 is 5.32 Å². The number of hydrogen-bond donors (Lipinski definition) is 1. The molecule has 7 nitrogen and oxygen atoms in total. The molecule has 2 amide bonds. The van der Waals surface area contributed by atoms with E-state index in [1.165, 1.54) is 4.90 Å². The van der Waals surface area contributed by atoms with Crippen molar-refractivity contribution in [3.63, 3.8) is 0 Å². The molecule has 1 heterocycles. The number of aromatic nitrogens is 2. The van der Waals surface area contributed by atoms with E-state index in [1.807, 2.05) is 34.9 Å². The number of benzene rings is 2. The number of likely N-dealkylation sites (N-methyl/N-ethyl adjacent to an activating group) is 2. The van der Waals surface area contributed by atoms with E-state index in [0.717, 1.165) is 37.2 Å². The van der Waals surface area contributed by atoms with E-state index in [-0.39, 0.29) is 18.4 Å². The average Bonchev–Trinajstić information content (AvgIpc) is 3.11. The Kier molecular flexibility index (Phi) is 7.19. The Morgan fingerprint density at radius 3 is 2.37 bits per heavy atom. The van der Waals surface area contributed by atoms with Gasteiger partial charge in [0.15, 0.2) is 0 Å². The highest BCUT2D eigenvalue weighted by molar-refractivity contribution is 5.99. The summed E-state index contributed by atoms with van der Waals surface area (Å²) >= 11 is 0. The Balaban J connectivity index is 1.73. The molecule has 0 fully saturated rings. The largest absolute Gasteiger partial charge is 0.332 e. The molecule has 2 aromatic carbocycles. The van der Waals surface area contributed by atoms with Crippen LogP contribution in [0.25, 0.3) is 11.0 Å². The molecular weight excluding hydrogens is 378 g/mol. The lowest BCUT2D eigenvalue weighted by Crippen LogP contribution is -2.35. The smallest absolute Gasteiger partial charge is 0.254 e. The van der Waals surface area contributed by atoms with E-state index in [1.54, 1.807) is 31.3 Å². The predicted octanol–water partition coefficient (Wildman–Crippen LogP) is 3.09. The third kappa shape index (κ3) is 5.04. The van der Waals surface area contributed by atoms with E-state index < -0.39 is 0 Å². The summed E-state index contributed by atoms with van der Waals surface area (Å²) in [6, 6.07) is 16.8. The Hall–Kier alpha value is -3.19. The van der Waals surface area contributed by atoms with Gasteiger partial charge in [0.2, 0.25) is 11.9 Å². The summed E-state index contributed by atoms with van der Waals surface area (Å²) in [5.41, 5.74) is 2.37. The van der Waals surface area contributed by atoms with Gasteiger partial charge in [-0.25, -0.2) is 4.98 Å². The van der Waals surface area contributed by atoms with Crippen LogP contribution in [0.2, 0.25) is 0 Å². The monoisotopic (exact) mass is 407 g/mol. The van der Waals surface area contributed by atoms with Crippen molar-refractivity contribution >= 4 is 28.8 Å². The molecular formula is C23H29N5O2. The van der Waals surface area contributed by atoms with E-state index in [4.69, 9.17) is 0 Å². The molecule has 158 valence electrons. The van der Waals surface area contributed by atoms with Crippen molar-refractivity contribution in [3.05, 3.63) is 60.2 Å².